The number of aromatic amines is 1. The number of ether oxygens (including phenoxy) is 2. The molecule has 3 aliphatic heterocycles. The summed E-state index contributed by atoms with van der Waals surface area (Å²) in [7, 11) is 1.71. The minimum Gasteiger partial charge on any atom is -0.497 e. The van der Waals surface area contributed by atoms with Gasteiger partial charge in [0.15, 0.2) is 0 Å². The van der Waals surface area contributed by atoms with Crippen LogP contribution >= 0.6 is 0 Å². The van der Waals surface area contributed by atoms with Crippen molar-refractivity contribution in [2.24, 2.45) is 5.92 Å². The molecule has 0 aliphatic carbocycles. The molecule has 34 heavy (non-hydrogen) atoms. The first kappa shape index (κ1) is 22.0. The number of benzene rings is 1. The monoisotopic (exact) mass is 462 g/mol. The molecule has 3 aromatic rings. The first-order chi connectivity index (χ1) is 16.7. The van der Waals surface area contributed by atoms with Crippen LogP contribution in [-0.2, 0) is 16.7 Å². The Hall–Kier alpha value is -2.45. The summed E-state index contributed by atoms with van der Waals surface area (Å²) in [6, 6.07) is 10.4. The van der Waals surface area contributed by atoms with Crippen LogP contribution in [0.15, 0.2) is 42.7 Å². The van der Waals surface area contributed by atoms with E-state index >= 15 is 0 Å². The molecule has 7 heteroatoms. The van der Waals surface area contributed by atoms with Crippen LogP contribution in [0.1, 0.15) is 35.7 Å². The highest BCUT2D eigenvalue weighted by Crippen LogP contribution is 2.49. The Labute approximate surface area is 200 Å². The number of rotatable bonds is 6. The standard InChI is InChI=1S/C27H34N4O3/c1-33-21-2-3-22-23(12-21)29-26-24(15-32)31(14-19-4-8-28-9-5-19)18-27(25(22)26)16-30(17-27)13-20-6-10-34-11-7-20/h2-5,8-9,12,20,24,29,32H,6-7,10-11,13-18H2,1H3/t24-/m1/s1. The van der Waals surface area contributed by atoms with Gasteiger partial charge in [-0.1, -0.05) is 0 Å². The molecule has 2 aromatic heterocycles. The maximum atomic E-state index is 10.5. The fourth-order valence-corrected chi connectivity index (χ4v) is 6.49. The van der Waals surface area contributed by atoms with Gasteiger partial charge in [-0.2, -0.15) is 0 Å². The van der Waals surface area contributed by atoms with Gasteiger partial charge in [-0.15, -0.1) is 0 Å². The minimum atomic E-state index is -0.0586. The number of nitrogens with one attached hydrogen (secondary N) is 1. The molecule has 2 saturated heterocycles. The van der Waals surface area contributed by atoms with Gasteiger partial charge in [0, 0.05) is 86.4 Å². The van der Waals surface area contributed by atoms with Gasteiger partial charge in [0.05, 0.1) is 19.8 Å². The molecule has 0 amide bonds. The third kappa shape index (κ3) is 3.81. The Morgan fingerprint density at radius 3 is 2.68 bits per heavy atom. The van der Waals surface area contributed by atoms with Crippen LogP contribution < -0.4 is 4.74 Å². The van der Waals surface area contributed by atoms with E-state index in [0.29, 0.717) is 0 Å². The highest BCUT2D eigenvalue weighted by molar-refractivity contribution is 5.88. The van der Waals surface area contributed by atoms with Gasteiger partial charge in [-0.3, -0.25) is 9.88 Å². The van der Waals surface area contributed by atoms with Crippen molar-refractivity contribution in [3.63, 3.8) is 0 Å². The number of hydrogen-bond acceptors (Lipinski definition) is 6. The number of aliphatic hydroxyl groups excluding tert-OH is 1. The Bertz CT molecular complexity index is 1140. The average Bonchev–Trinajstić information content (AvgIpc) is 3.23. The largest absolute Gasteiger partial charge is 0.497 e. The van der Waals surface area contributed by atoms with Crippen LogP contribution in [-0.4, -0.2) is 78.0 Å². The molecule has 6 rings (SSSR count). The first-order valence-electron chi connectivity index (χ1n) is 12.4. The summed E-state index contributed by atoms with van der Waals surface area (Å²) in [6.45, 7) is 6.90. The Morgan fingerprint density at radius 2 is 1.94 bits per heavy atom. The van der Waals surface area contributed by atoms with Crippen LogP contribution in [0, 0.1) is 5.92 Å². The highest BCUT2D eigenvalue weighted by Gasteiger charge is 2.52. The molecule has 0 radical (unpaired) electrons. The summed E-state index contributed by atoms with van der Waals surface area (Å²) < 4.78 is 11.1. The summed E-state index contributed by atoms with van der Waals surface area (Å²) in [6.07, 6.45) is 6.04. The molecular formula is C27H34N4O3. The zero-order chi connectivity index (χ0) is 23.1. The van der Waals surface area contributed by atoms with Crippen LogP contribution in [0.2, 0.25) is 0 Å². The number of nitrogens with zero attached hydrogens (tertiary/aromatic N) is 3. The van der Waals surface area contributed by atoms with Crippen molar-refractivity contribution in [3.8, 4) is 5.75 Å². The molecular weight excluding hydrogens is 428 g/mol. The Kier molecular flexibility index (Phi) is 5.81. The lowest BCUT2D eigenvalue weighted by molar-refractivity contribution is -0.0258. The van der Waals surface area contributed by atoms with E-state index in [0.717, 1.165) is 68.8 Å². The third-order valence-electron chi connectivity index (χ3n) is 8.06. The molecule has 0 saturated carbocycles. The number of methoxy groups -OCH3 is 1. The van der Waals surface area contributed by atoms with Gasteiger partial charge in [-0.25, -0.2) is 0 Å². The molecule has 1 atom stereocenters. The summed E-state index contributed by atoms with van der Waals surface area (Å²) >= 11 is 0. The van der Waals surface area contributed by atoms with Crippen molar-refractivity contribution >= 4 is 10.9 Å². The number of likely N-dealkylation sites (tertiary alicyclic amines) is 1. The summed E-state index contributed by atoms with van der Waals surface area (Å²) in [5.74, 6) is 1.59. The molecule has 0 bridgehead atoms. The molecule has 7 nitrogen and oxygen atoms in total. The van der Waals surface area contributed by atoms with E-state index in [-0.39, 0.29) is 18.1 Å². The van der Waals surface area contributed by atoms with Gasteiger partial charge in [-0.05, 0) is 54.2 Å². The van der Waals surface area contributed by atoms with Gasteiger partial charge >= 0.3 is 0 Å². The second-order valence-electron chi connectivity index (χ2n) is 10.3. The minimum absolute atomic E-state index is 0.0586. The lowest BCUT2D eigenvalue weighted by Gasteiger charge is -2.57. The lowest BCUT2D eigenvalue weighted by Crippen LogP contribution is -2.66. The van der Waals surface area contributed by atoms with E-state index in [1.807, 2.05) is 12.4 Å². The Morgan fingerprint density at radius 1 is 1.15 bits per heavy atom. The normalized spacial score (nSPS) is 23.2. The van der Waals surface area contributed by atoms with E-state index in [1.165, 1.54) is 29.4 Å². The van der Waals surface area contributed by atoms with E-state index in [4.69, 9.17) is 9.47 Å². The van der Waals surface area contributed by atoms with E-state index < -0.39 is 0 Å². The maximum Gasteiger partial charge on any atom is 0.120 e. The third-order valence-corrected chi connectivity index (χ3v) is 8.06. The van der Waals surface area contributed by atoms with Crippen LogP contribution in [0.5, 0.6) is 5.75 Å². The van der Waals surface area contributed by atoms with Crippen molar-refractivity contribution in [1.29, 1.82) is 0 Å². The van der Waals surface area contributed by atoms with Crippen molar-refractivity contribution in [1.82, 2.24) is 19.8 Å². The van der Waals surface area contributed by atoms with E-state index in [9.17, 15) is 5.11 Å². The molecule has 3 aliphatic rings. The second kappa shape index (κ2) is 8.96. The van der Waals surface area contributed by atoms with Gasteiger partial charge in [0.25, 0.3) is 0 Å². The number of aromatic nitrogens is 2. The topological polar surface area (TPSA) is 73.9 Å². The number of aliphatic hydroxyl groups is 1. The predicted molar refractivity (Wildman–Crippen MR) is 131 cm³/mol. The predicted octanol–water partition coefficient (Wildman–Crippen LogP) is 3.10. The zero-order valence-corrected chi connectivity index (χ0v) is 19.9. The van der Waals surface area contributed by atoms with Gasteiger partial charge in [0.2, 0.25) is 0 Å². The van der Waals surface area contributed by atoms with Gasteiger partial charge in [0.1, 0.15) is 5.75 Å². The molecule has 1 aromatic carbocycles. The number of pyridine rings is 1. The van der Waals surface area contributed by atoms with Crippen LogP contribution in [0.4, 0.5) is 0 Å². The average molecular weight is 463 g/mol. The maximum absolute atomic E-state index is 10.5. The number of H-pyrrole nitrogens is 1. The van der Waals surface area contributed by atoms with E-state index in [1.54, 1.807) is 7.11 Å². The van der Waals surface area contributed by atoms with Crippen LogP contribution in [0.25, 0.3) is 10.9 Å². The quantitative estimate of drug-likeness (QED) is 0.587. The van der Waals surface area contributed by atoms with Crippen molar-refractivity contribution < 1.29 is 14.6 Å². The number of fused-ring (bicyclic) bond motifs is 4. The van der Waals surface area contributed by atoms with Crippen LogP contribution in [0.3, 0.4) is 0 Å². The fourth-order valence-electron chi connectivity index (χ4n) is 6.49. The van der Waals surface area contributed by atoms with Gasteiger partial charge < -0.3 is 24.5 Å². The Balaban J connectivity index is 1.35. The SMILES string of the molecule is COc1ccc2c3c([nH]c2c1)[C@@H](CO)N(Cc1ccncc1)CC31CN(CC2CCOCC2)C1. The lowest BCUT2D eigenvalue weighted by atomic mass is 9.68. The first-order valence-corrected chi connectivity index (χ1v) is 12.4. The molecule has 1 spiro atoms. The molecule has 2 fully saturated rings. The van der Waals surface area contributed by atoms with Crippen molar-refractivity contribution in [3.05, 3.63) is 59.5 Å². The van der Waals surface area contributed by atoms with Crippen molar-refractivity contribution in [2.45, 2.75) is 30.8 Å². The van der Waals surface area contributed by atoms with E-state index in [2.05, 4.69) is 50.1 Å². The number of hydrogen-bond donors (Lipinski definition) is 2. The highest BCUT2D eigenvalue weighted by atomic mass is 16.5. The second-order valence-corrected chi connectivity index (χ2v) is 10.3. The molecule has 2 N–H and O–H groups in total. The smallest absolute Gasteiger partial charge is 0.120 e. The summed E-state index contributed by atoms with van der Waals surface area (Å²) in [4.78, 5) is 13.0. The van der Waals surface area contributed by atoms with Crippen molar-refractivity contribution in [2.75, 3.05) is 53.1 Å². The fraction of sp³-hybridized carbons (Fsp3) is 0.519. The summed E-state index contributed by atoms with van der Waals surface area (Å²) in [5.41, 5.74) is 4.95. The zero-order valence-electron chi connectivity index (χ0n) is 19.9. The summed E-state index contributed by atoms with van der Waals surface area (Å²) in [5, 5.41) is 11.8. The molecule has 0 unspecified atom stereocenters. The molecule has 5 heterocycles. The molecule has 180 valence electrons.